The van der Waals surface area contributed by atoms with Crippen molar-refractivity contribution in [1.29, 1.82) is 0 Å². The molecule has 0 spiro atoms. The number of hydrazine groups is 1. The van der Waals surface area contributed by atoms with Gasteiger partial charge in [-0.25, -0.2) is 14.6 Å². The number of carbonyl (C=O) groups is 3. The second kappa shape index (κ2) is 9.28. The molecule has 0 bridgehead atoms. The third-order valence-corrected chi connectivity index (χ3v) is 3.42. The van der Waals surface area contributed by atoms with Gasteiger partial charge in [-0.05, 0) is 24.6 Å². The summed E-state index contributed by atoms with van der Waals surface area (Å²) in [7, 11) is 0. The van der Waals surface area contributed by atoms with Crippen LogP contribution < -0.4 is 21.5 Å². The highest BCUT2D eigenvalue weighted by atomic mass is 19.1. The summed E-state index contributed by atoms with van der Waals surface area (Å²) in [4.78, 5) is 36.1. The van der Waals surface area contributed by atoms with E-state index in [0.29, 0.717) is 12.1 Å². The van der Waals surface area contributed by atoms with Gasteiger partial charge in [0.1, 0.15) is 11.9 Å². The highest BCUT2D eigenvalue weighted by Crippen LogP contribution is 2.12. The van der Waals surface area contributed by atoms with Crippen LogP contribution in [0.25, 0.3) is 0 Å². The van der Waals surface area contributed by atoms with Crippen molar-refractivity contribution in [2.24, 2.45) is 0 Å². The van der Waals surface area contributed by atoms with Gasteiger partial charge in [0, 0.05) is 6.54 Å². The Morgan fingerprint density at radius 3 is 2.31 bits per heavy atom. The van der Waals surface area contributed by atoms with Crippen LogP contribution in [0.3, 0.4) is 0 Å². The van der Waals surface area contributed by atoms with Crippen molar-refractivity contribution in [1.82, 2.24) is 21.5 Å². The van der Waals surface area contributed by atoms with Crippen molar-refractivity contribution >= 4 is 17.8 Å². The summed E-state index contributed by atoms with van der Waals surface area (Å²) in [6.45, 7) is 2.07. The van der Waals surface area contributed by atoms with E-state index >= 15 is 0 Å². The standard InChI is InChI=1S/C18H19FN4O3/c1-2-20-18(26)21-17(25)15(12-8-4-3-5-9-12)22-23-16(24)13-10-6-7-11-14(13)19/h3-11,15,22H,2H2,1H3,(H,23,24)(H2,20,21,25,26)/t15-/m0/s1. The van der Waals surface area contributed by atoms with Gasteiger partial charge in [0.25, 0.3) is 11.8 Å². The molecule has 0 radical (unpaired) electrons. The third kappa shape index (κ3) is 5.12. The predicted molar refractivity (Wildman–Crippen MR) is 93.4 cm³/mol. The Balaban J connectivity index is 2.12. The van der Waals surface area contributed by atoms with Gasteiger partial charge < -0.3 is 5.32 Å². The van der Waals surface area contributed by atoms with E-state index in [0.717, 1.165) is 6.07 Å². The van der Waals surface area contributed by atoms with E-state index in [2.05, 4.69) is 21.5 Å². The van der Waals surface area contributed by atoms with Crippen LogP contribution in [0.1, 0.15) is 28.9 Å². The minimum absolute atomic E-state index is 0.170. The average Bonchev–Trinajstić information content (AvgIpc) is 2.63. The van der Waals surface area contributed by atoms with E-state index < -0.39 is 29.7 Å². The van der Waals surface area contributed by atoms with Gasteiger partial charge in [-0.2, -0.15) is 0 Å². The number of amides is 4. The van der Waals surface area contributed by atoms with Crippen LogP contribution in [0.5, 0.6) is 0 Å². The molecule has 0 unspecified atom stereocenters. The number of imide groups is 1. The fraction of sp³-hybridized carbons (Fsp3) is 0.167. The zero-order valence-corrected chi connectivity index (χ0v) is 14.1. The summed E-state index contributed by atoms with van der Waals surface area (Å²) in [5.41, 5.74) is 5.20. The summed E-state index contributed by atoms with van der Waals surface area (Å²) in [5, 5.41) is 4.62. The molecule has 8 heteroatoms. The minimum atomic E-state index is -1.05. The Hall–Kier alpha value is -3.26. The fourth-order valence-corrected chi connectivity index (χ4v) is 2.18. The lowest BCUT2D eigenvalue weighted by Crippen LogP contribution is -2.49. The minimum Gasteiger partial charge on any atom is -0.338 e. The normalized spacial score (nSPS) is 11.3. The highest BCUT2D eigenvalue weighted by Gasteiger charge is 2.23. The van der Waals surface area contributed by atoms with Gasteiger partial charge in [0.15, 0.2) is 0 Å². The maximum Gasteiger partial charge on any atom is 0.321 e. The highest BCUT2D eigenvalue weighted by molar-refractivity contribution is 5.98. The Morgan fingerprint density at radius 2 is 1.65 bits per heavy atom. The Morgan fingerprint density at radius 1 is 1.00 bits per heavy atom. The van der Waals surface area contributed by atoms with Crippen LogP contribution in [0.4, 0.5) is 9.18 Å². The Kier molecular flexibility index (Phi) is 6.81. The molecule has 2 rings (SSSR count). The molecule has 4 amide bonds. The third-order valence-electron chi connectivity index (χ3n) is 3.42. The Labute approximate surface area is 149 Å². The summed E-state index contributed by atoms with van der Waals surface area (Å²) < 4.78 is 13.7. The van der Waals surface area contributed by atoms with Gasteiger partial charge in [-0.3, -0.25) is 20.3 Å². The molecule has 1 atom stereocenters. The number of benzene rings is 2. The molecule has 0 saturated carbocycles. The molecular weight excluding hydrogens is 339 g/mol. The van der Waals surface area contributed by atoms with Crippen LogP contribution >= 0.6 is 0 Å². The maximum atomic E-state index is 13.7. The second-order valence-corrected chi connectivity index (χ2v) is 5.27. The molecule has 0 heterocycles. The van der Waals surface area contributed by atoms with Gasteiger partial charge in [-0.1, -0.05) is 42.5 Å². The summed E-state index contributed by atoms with van der Waals surface area (Å²) in [5.74, 6) is -2.10. The molecule has 4 N–H and O–H groups in total. The Bertz CT molecular complexity index is 783. The molecule has 7 nitrogen and oxygen atoms in total. The van der Waals surface area contributed by atoms with Gasteiger partial charge >= 0.3 is 6.03 Å². The van der Waals surface area contributed by atoms with Crippen LogP contribution in [-0.4, -0.2) is 24.4 Å². The fourth-order valence-electron chi connectivity index (χ4n) is 2.18. The van der Waals surface area contributed by atoms with Gasteiger partial charge in [-0.15, -0.1) is 0 Å². The van der Waals surface area contributed by atoms with E-state index in [1.54, 1.807) is 37.3 Å². The van der Waals surface area contributed by atoms with Crippen LogP contribution in [0.15, 0.2) is 54.6 Å². The van der Waals surface area contributed by atoms with E-state index in [1.807, 2.05) is 0 Å². The summed E-state index contributed by atoms with van der Waals surface area (Å²) >= 11 is 0. The van der Waals surface area contributed by atoms with Gasteiger partial charge in [0.2, 0.25) is 0 Å². The number of rotatable bonds is 6. The monoisotopic (exact) mass is 358 g/mol. The molecule has 136 valence electrons. The van der Waals surface area contributed by atoms with E-state index in [4.69, 9.17) is 0 Å². The molecule has 0 saturated heterocycles. The van der Waals surface area contributed by atoms with Crippen LogP contribution in [0.2, 0.25) is 0 Å². The molecular formula is C18H19FN4O3. The molecule has 26 heavy (non-hydrogen) atoms. The van der Waals surface area contributed by atoms with Crippen molar-refractivity contribution in [2.45, 2.75) is 13.0 Å². The predicted octanol–water partition coefficient (Wildman–Crippen LogP) is 1.65. The molecule has 2 aromatic rings. The second-order valence-electron chi connectivity index (χ2n) is 5.27. The van der Waals surface area contributed by atoms with Crippen molar-refractivity contribution in [3.8, 4) is 0 Å². The van der Waals surface area contributed by atoms with Gasteiger partial charge in [0.05, 0.1) is 5.56 Å². The summed E-state index contributed by atoms with van der Waals surface area (Å²) in [6.07, 6.45) is 0. The lowest BCUT2D eigenvalue weighted by Gasteiger charge is -2.19. The number of urea groups is 1. The smallest absolute Gasteiger partial charge is 0.321 e. The van der Waals surface area contributed by atoms with E-state index in [1.165, 1.54) is 18.2 Å². The topological polar surface area (TPSA) is 99.3 Å². The summed E-state index contributed by atoms with van der Waals surface area (Å²) in [6, 6.07) is 12.3. The first-order valence-electron chi connectivity index (χ1n) is 7.97. The van der Waals surface area contributed by atoms with E-state index in [9.17, 15) is 18.8 Å². The molecule has 2 aromatic carbocycles. The van der Waals surface area contributed by atoms with Crippen LogP contribution in [0, 0.1) is 5.82 Å². The maximum absolute atomic E-state index is 13.7. The number of carbonyl (C=O) groups excluding carboxylic acids is 3. The molecule has 0 aromatic heterocycles. The van der Waals surface area contributed by atoms with Crippen molar-refractivity contribution < 1.29 is 18.8 Å². The SMILES string of the molecule is CCNC(=O)NC(=O)[C@@H](NNC(=O)c1ccccc1F)c1ccccc1. The largest absolute Gasteiger partial charge is 0.338 e. The number of hydrogen-bond acceptors (Lipinski definition) is 4. The zero-order chi connectivity index (χ0) is 18.9. The van der Waals surface area contributed by atoms with E-state index in [-0.39, 0.29) is 5.56 Å². The molecule has 0 aliphatic carbocycles. The molecule has 0 aliphatic heterocycles. The number of hydrogen-bond donors (Lipinski definition) is 4. The number of halogens is 1. The molecule has 0 fully saturated rings. The van der Waals surface area contributed by atoms with Crippen molar-refractivity contribution in [3.05, 3.63) is 71.5 Å². The first kappa shape index (κ1) is 19.1. The van der Waals surface area contributed by atoms with Crippen molar-refractivity contribution in [3.63, 3.8) is 0 Å². The lowest BCUT2D eigenvalue weighted by atomic mass is 10.1. The lowest BCUT2D eigenvalue weighted by molar-refractivity contribution is -0.122. The zero-order valence-electron chi connectivity index (χ0n) is 14.1. The number of nitrogens with one attached hydrogen (secondary N) is 4. The first-order valence-corrected chi connectivity index (χ1v) is 7.97. The quantitative estimate of drug-likeness (QED) is 0.590. The van der Waals surface area contributed by atoms with Crippen molar-refractivity contribution in [2.75, 3.05) is 6.54 Å². The first-order chi connectivity index (χ1) is 12.5. The molecule has 0 aliphatic rings. The van der Waals surface area contributed by atoms with Crippen LogP contribution in [-0.2, 0) is 4.79 Å². The average molecular weight is 358 g/mol.